The van der Waals surface area contributed by atoms with Crippen LogP contribution >= 0.6 is 11.3 Å². The van der Waals surface area contributed by atoms with E-state index in [1.165, 1.54) is 11.3 Å². The van der Waals surface area contributed by atoms with Crippen molar-refractivity contribution in [3.63, 3.8) is 0 Å². The zero-order valence-electron chi connectivity index (χ0n) is 9.93. The minimum Gasteiger partial charge on any atom is -0.267 e. The number of H-pyrrole nitrogens is 1. The number of nitrogens with one attached hydrogen (secondary N) is 1. The Morgan fingerprint density at radius 1 is 1.37 bits per heavy atom. The molecule has 4 rings (SSSR count). The maximum Gasteiger partial charge on any atom is 0.282 e. The number of hydrogen-bond acceptors (Lipinski definition) is 5. The van der Waals surface area contributed by atoms with Crippen LogP contribution in [0, 0.1) is 11.3 Å². The molecule has 0 amide bonds. The third kappa shape index (κ3) is 1.32. The van der Waals surface area contributed by atoms with Gasteiger partial charge in [-0.2, -0.15) is 10.2 Å². The first kappa shape index (κ1) is 10.7. The fourth-order valence-corrected chi connectivity index (χ4v) is 4.04. The zero-order valence-corrected chi connectivity index (χ0v) is 10.8. The number of thiophene rings is 1. The molecule has 0 fully saturated rings. The smallest absolute Gasteiger partial charge is 0.267 e. The van der Waals surface area contributed by atoms with E-state index in [2.05, 4.69) is 15.3 Å². The van der Waals surface area contributed by atoms with Gasteiger partial charge in [0.15, 0.2) is 5.65 Å². The summed E-state index contributed by atoms with van der Waals surface area (Å²) in [5.41, 5.74) is 1.38. The topological polar surface area (TPSA) is 86.8 Å². The predicted octanol–water partition coefficient (Wildman–Crippen LogP) is 1.38. The van der Waals surface area contributed by atoms with Crippen molar-refractivity contribution in [2.75, 3.05) is 0 Å². The van der Waals surface area contributed by atoms with Crippen molar-refractivity contribution >= 4 is 27.2 Å². The van der Waals surface area contributed by atoms with Crippen molar-refractivity contribution in [3.8, 4) is 6.07 Å². The molecule has 1 N–H and O–H groups in total. The largest absolute Gasteiger partial charge is 0.282 e. The minimum atomic E-state index is -0.243. The minimum absolute atomic E-state index is 0.158. The second-order valence-electron chi connectivity index (χ2n) is 4.64. The van der Waals surface area contributed by atoms with Crippen molar-refractivity contribution in [1.29, 1.82) is 5.26 Å². The first-order chi connectivity index (χ1) is 9.29. The van der Waals surface area contributed by atoms with Gasteiger partial charge in [0.25, 0.3) is 5.56 Å². The SMILES string of the molecule is N#Cc1n[nH]n2c1nc(=O)c1c3c(sc12)CCCC3. The van der Waals surface area contributed by atoms with Crippen molar-refractivity contribution in [2.24, 2.45) is 0 Å². The van der Waals surface area contributed by atoms with Gasteiger partial charge in [-0.25, -0.2) is 9.73 Å². The highest BCUT2D eigenvalue weighted by molar-refractivity contribution is 7.18. The third-order valence-corrected chi connectivity index (χ3v) is 4.85. The van der Waals surface area contributed by atoms with E-state index in [4.69, 9.17) is 5.26 Å². The lowest BCUT2D eigenvalue weighted by Crippen LogP contribution is -2.11. The Kier molecular flexibility index (Phi) is 2.05. The number of aryl methyl sites for hydroxylation is 2. The van der Waals surface area contributed by atoms with Crippen molar-refractivity contribution in [1.82, 2.24) is 19.8 Å². The molecule has 0 radical (unpaired) electrons. The summed E-state index contributed by atoms with van der Waals surface area (Å²) in [6.45, 7) is 0. The van der Waals surface area contributed by atoms with Gasteiger partial charge in [-0.1, -0.05) is 0 Å². The van der Waals surface area contributed by atoms with Gasteiger partial charge in [0.1, 0.15) is 10.9 Å². The van der Waals surface area contributed by atoms with Crippen LogP contribution in [0.5, 0.6) is 0 Å². The highest BCUT2D eigenvalue weighted by Gasteiger charge is 2.22. The third-order valence-electron chi connectivity index (χ3n) is 3.57. The van der Waals surface area contributed by atoms with E-state index in [0.717, 1.165) is 29.7 Å². The molecule has 6 nitrogen and oxygen atoms in total. The van der Waals surface area contributed by atoms with E-state index in [1.54, 1.807) is 15.9 Å². The molecule has 0 saturated heterocycles. The lowest BCUT2D eigenvalue weighted by atomic mass is 9.97. The van der Waals surface area contributed by atoms with E-state index in [-0.39, 0.29) is 11.3 Å². The highest BCUT2D eigenvalue weighted by atomic mass is 32.1. The standard InChI is InChI=1S/C12H9N5OS/c13-5-7-10-14-11(18)9-6-3-1-2-4-8(6)19-12(9)17(10)16-15-7/h16H,1-4H2. The first-order valence-corrected chi connectivity index (χ1v) is 6.92. The molecule has 0 bridgehead atoms. The quantitative estimate of drug-likeness (QED) is 0.669. The average molecular weight is 271 g/mol. The predicted molar refractivity (Wildman–Crippen MR) is 70.3 cm³/mol. The lowest BCUT2D eigenvalue weighted by Gasteiger charge is -2.09. The molecule has 1 aliphatic carbocycles. The van der Waals surface area contributed by atoms with E-state index in [0.29, 0.717) is 11.0 Å². The normalized spacial score (nSPS) is 14.7. The fraction of sp³-hybridized carbons (Fsp3) is 0.333. The summed E-state index contributed by atoms with van der Waals surface area (Å²) in [4.78, 5) is 18.3. The summed E-state index contributed by atoms with van der Waals surface area (Å²) in [5, 5.41) is 16.3. The molecule has 0 aliphatic heterocycles. The van der Waals surface area contributed by atoms with Crippen LogP contribution in [0.1, 0.15) is 29.0 Å². The van der Waals surface area contributed by atoms with Crippen LogP contribution in [0.15, 0.2) is 4.79 Å². The number of aromatic nitrogens is 4. The Morgan fingerprint density at radius 3 is 3.05 bits per heavy atom. The monoisotopic (exact) mass is 271 g/mol. The second-order valence-corrected chi connectivity index (χ2v) is 5.72. The molecule has 0 saturated carbocycles. The number of nitriles is 1. The molecule has 3 heterocycles. The molecular weight excluding hydrogens is 262 g/mol. The molecular formula is C12H9N5OS. The van der Waals surface area contributed by atoms with Crippen LogP contribution in [-0.4, -0.2) is 19.8 Å². The number of fused-ring (bicyclic) bond motifs is 5. The van der Waals surface area contributed by atoms with E-state index < -0.39 is 0 Å². The summed E-state index contributed by atoms with van der Waals surface area (Å²) in [5.74, 6) is 0. The molecule has 1 aliphatic rings. The van der Waals surface area contributed by atoms with Gasteiger partial charge in [-0.3, -0.25) is 4.79 Å². The summed E-state index contributed by atoms with van der Waals surface area (Å²) in [7, 11) is 0. The van der Waals surface area contributed by atoms with E-state index in [1.807, 2.05) is 6.07 Å². The van der Waals surface area contributed by atoms with Gasteiger partial charge in [0, 0.05) is 4.88 Å². The summed E-state index contributed by atoms with van der Waals surface area (Å²) in [6.07, 6.45) is 4.25. The Labute approximate surface area is 111 Å². The van der Waals surface area contributed by atoms with Crippen LogP contribution in [0.4, 0.5) is 0 Å². The second kappa shape index (κ2) is 3.65. The van der Waals surface area contributed by atoms with Gasteiger partial charge in [0.2, 0.25) is 5.69 Å². The molecule has 94 valence electrons. The van der Waals surface area contributed by atoms with Gasteiger partial charge < -0.3 is 0 Å². The van der Waals surface area contributed by atoms with Crippen molar-refractivity contribution < 1.29 is 0 Å². The maximum atomic E-state index is 12.2. The molecule has 0 aromatic carbocycles. The Bertz CT molecular complexity index is 910. The Hall–Kier alpha value is -2.20. The van der Waals surface area contributed by atoms with Gasteiger partial charge in [-0.15, -0.1) is 16.4 Å². The number of nitrogens with zero attached hydrogens (tertiary/aromatic N) is 4. The molecule has 0 atom stereocenters. The van der Waals surface area contributed by atoms with Crippen LogP contribution in [0.2, 0.25) is 0 Å². The van der Waals surface area contributed by atoms with Gasteiger partial charge in [0.05, 0.1) is 5.39 Å². The van der Waals surface area contributed by atoms with Crippen LogP contribution in [0.25, 0.3) is 15.9 Å². The van der Waals surface area contributed by atoms with Crippen molar-refractivity contribution in [3.05, 3.63) is 26.5 Å². The average Bonchev–Trinajstić information content (AvgIpc) is 2.99. The Morgan fingerprint density at radius 2 is 2.21 bits per heavy atom. The summed E-state index contributed by atoms with van der Waals surface area (Å²) >= 11 is 1.61. The van der Waals surface area contributed by atoms with E-state index in [9.17, 15) is 4.79 Å². The summed E-state index contributed by atoms with van der Waals surface area (Å²) in [6, 6.07) is 1.94. The van der Waals surface area contributed by atoms with Crippen LogP contribution in [0.3, 0.4) is 0 Å². The number of rotatable bonds is 0. The van der Waals surface area contributed by atoms with Gasteiger partial charge in [-0.05, 0) is 31.2 Å². The van der Waals surface area contributed by atoms with Crippen LogP contribution in [-0.2, 0) is 12.8 Å². The molecule has 3 aromatic heterocycles. The fourth-order valence-electron chi connectivity index (χ4n) is 2.70. The lowest BCUT2D eigenvalue weighted by molar-refractivity contribution is 0.700. The first-order valence-electron chi connectivity index (χ1n) is 6.11. The summed E-state index contributed by atoms with van der Waals surface area (Å²) < 4.78 is 1.65. The van der Waals surface area contributed by atoms with Crippen molar-refractivity contribution in [2.45, 2.75) is 25.7 Å². The maximum absolute atomic E-state index is 12.2. The molecule has 0 unspecified atom stereocenters. The molecule has 3 aromatic rings. The highest BCUT2D eigenvalue weighted by Crippen LogP contribution is 2.34. The number of hydrogen-bond donors (Lipinski definition) is 1. The molecule has 0 spiro atoms. The number of aromatic amines is 1. The van der Waals surface area contributed by atoms with E-state index >= 15 is 0 Å². The molecule has 19 heavy (non-hydrogen) atoms. The Balaban J connectivity index is 2.23. The zero-order chi connectivity index (χ0) is 13.0. The molecule has 7 heteroatoms. The van der Waals surface area contributed by atoms with Gasteiger partial charge >= 0.3 is 0 Å². The van der Waals surface area contributed by atoms with Crippen LogP contribution < -0.4 is 5.56 Å².